The molecule has 0 aromatic heterocycles. The number of morpholine rings is 1. The standard InChI is InChI=1S/C21H28N2O3/c1-15-3-2-4-17(13-15)19-8-7-18(14-23(19)21(25)16-5-6-16)20(24)22-9-11-26-12-10-22/h2-4,13,16,18-19H,5-12,14H2,1H3. The number of carbonyl (C=O) groups is 2. The van der Waals surface area contributed by atoms with Crippen LogP contribution in [0, 0.1) is 18.8 Å². The lowest BCUT2D eigenvalue weighted by molar-refractivity contribution is -0.146. The van der Waals surface area contributed by atoms with Crippen LogP contribution in [0.3, 0.4) is 0 Å². The maximum Gasteiger partial charge on any atom is 0.227 e. The Kier molecular flexibility index (Phi) is 4.98. The molecule has 2 unspecified atom stereocenters. The smallest absolute Gasteiger partial charge is 0.227 e. The predicted octanol–water partition coefficient (Wildman–Crippen LogP) is 2.54. The number of likely N-dealkylation sites (tertiary alicyclic amines) is 1. The lowest BCUT2D eigenvalue weighted by Crippen LogP contribution is -2.50. The van der Waals surface area contributed by atoms with Crippen molar-refractivity contribution >= 4 is 11.8 Å². The van der Waals surface area contributed by atoms with Gasteiger partial charge < -0.3 is 14.5 Å². The highest BCUT2D eigenvalue weighted by Crippen LogP contribution is 2.39. The molecular formula is C21H28N2O3. The van der Waals surface area contributed by atoms with Crippen molar-refractivity contribution in [2.75, 3.05) is 32.8 Å². The summed E-state index contributed by atoms with van der Waals surface area (Å²) in [5.41, 5.74) is 2.42. The Morgan fingerprint density at radius 2 is 1.73 bits per heavy atom. The van der Waals surface area contributed by atoms with Gasteiger partial charge in [-0.25, -0.2) is 0 Å². The number of carbonyl (C=O) groups excluding carboxylic acids is 2. The Morgan fingerprint density at radius 1 is 1.00 bits per heavy atom. The van der Waals surface area contributed by atoms with E-state index in [2.05, 4.69) is 31.2 Å². The fourth-order valence-electron chi connectivity index (χ4n) is 4.25. The maximum absolute atomic E-state index is 13.0. The van der Waals surface area contributed by atoms with E-state index in [-0.39, 0.29) is 29.7 Å². The van der Waals surface area contributed by atoms with Gasteiger partial charge in [0, 0.05) is 25.6 Å². The zero-order chi connectivity index (χ0) is 18.1. The van der Waals surface area contributed by atoms with E-state index in [0.717, 1.165) is 25.7 Å². The van der Waals surface area contributed by atoms with Crippen LogP contribution in [-0.4, -0.2) is 54.5 Å². The largest absolute Gasteiger partial charge is 0.378 e. The van der Waals surface area contributed by atoms with Crippen molar-refractivity contribution in [1.82, 2.24) is 9.80 Å². The van der Waals surface area contributed by atoms with Gasteiger partial charge in [0.1, 0.15) is 0 Å². The van der Waals surface area contributed by atoms with E-state index in [0.29, 0.717) is 32.8 Å². The summed E-state index contributed by atoms with van der Waals surface area (Å²) < 4.78 is 5.36. The lowest BCUT2D eigenvalue weighted by atomic mass is 9.87. The maximum atomic E-state index is 13.0. The van der Waals surface area contributed by atoms with Gasteiger partial charge >= 0.3 is 0 Å². The van der Waals surface area contributed by atoms with Crippen molar-refractivity contribution in [3.05, 3.63) is 35.4 Å². The van der Waals surface area contributed by atoms with Gasteiger partial charge in [0.25, 0.3) is 0 Å². The van der Waals surface area contributed by atoms with Crippen molar-refractivity contribution in [3.63, 3.8) is 0 Å². The van der Waals surface area contributed by atoms with Crippen LogP contribution in [0.25, 0.3) is 0 Å². The summed E-state index contributed by atoms with van der Waals surface area (Å²) >= 11 is 0. The molecule has 4 rings (SSSR count). The topological polar surface area (TPSA) is 49.9 Å². The molecule has 0 bridgehead atoms. The van der Waals surface area contributed by atoms with Crippen LogP contribution in [0.2, 0.25) is 0 Å². The second-order valence-electron chi connectivity index (χ2n) is 7.91. The molecule has 0 spiro atoms. The average Bonchev–Trinajstić information content (AvgIpc) is 3.52. The molecule has 2 aliphatic heterocycles. The van der Waals surface area contributed by atoms with Crippen LogP contribution in [0.5, 0.6) is 0 Å². The number of hydrogen-bond acceptors (Lipinski definition) is 3. The molecule has 1 aliphatic carbocycles. The third kappa shape index (κ3) is 3.63. The molecule has 0 radical (unpaired) electrons. The van der Waals surface area contributed by atoms with Crippen LogP contribution < -0.4 is 0 Å². The number of ether oxygens (including phenoxy) is 1. The van der Waals surface area contributed by atoms with Gasteiger partial charge in [0.15, 0.2) is 0 Å². The van der Waals surface area contributed by atoms with E-state index >= 15 is 0 Å². The molecule has 2 atom stereocenters. The summed E-state index contributed by atoms with van der Waals surface area (Å²) in [6.07, 6.45) is 3.71. The Balaban J connectivity index is 1.52. The first-order valence-electron chi connectivity index (χ1n) is 9.87. The van der Waals surface area contributed by atoms with Crippen LogP contribution in [-0.2, 0) is 14.3 Å². The monoisotopic (exact) mass is 356 g/mol. The molecule has 1 saturated carbocycles. The zero-order valence-electron chi connectivity index (χ0n) is 15.5. The predicted molar refractivity (Wildman–Crippen MR) is 98.5 cm³/mol. The molecule has 1 aromatic rings. The highest BCUT2D eigenvalue weighted by molar-refractivity contribution is 5.84. The van der Waals surface area contributed by atoms with Crippen molar-refractivity contribution in [1.29, 1.82) is 0 Å². The number of aryl methyl sites for hydroxylation is 1. The second kappa shape index (κ2) is 7.39. The Bertz CT molecular complexity index is 680. The summed E-state index contributed by atoms with van der Waals surface area (Å²) in [7, 11) is 0. The Morgan fingerprint density at radius 3 is 2.42 bits per heavy atom. The van der Waals surface area contributed by atoms with E-state index in [4.69, 9.17) is 4.74 Å². The quantitative estimate of drug-likeness (QED) is 0.836. The molecular weight excluding hydrogens is 328 g/mol. The third-order valence-corrected chi connectivity index (χ3v) is 5.89. The number of benzene rings is 1. The van der Waals surface area contributed by atoms with Crippen molar-refractivity contribution in [3.8, 4) is 0 Å². The SMILES string of the molecule is Cc1cccc(C2CCC(C(=O)N3CCOCC3)CN2C(=O)C2CC2)c1. The fraction of sp³-hybridized carbons (Fsp3) is 0.619. The van der Waals surface area contributed by atoms with Crippen molar-refractivity contribution in [2.24, 2.45) is 11.8 Å². The van der Waals surface area contributed by atoms with Gasteiger partial charge in [0.05, 0.1) is 25.2 Å². The van der Waals surface area contributed by atoms with Gasteiger partial charge in [-0.15, -0.1) is 0 Å². The van der Waals surface area contributed by atoms with E-state index < -0.39 is 0 Å². The van der Waals surface area contributed by atoms with Crippen LogP contribution in [0.1, 0.15) is 42.9 Å². The fourth-order valence-corrected chi connectivity index (χ4v) is 4.25. The van der Waals surface area contributed by atoms with E-state index in [1.54, 1.807) is 0 Å². The normalized spacial score (nSPS) is 26.7. The van der Waals surface area contributed by atoms with Crippen LogP contribution in [0.4, 0.5) is 0 Å². The number of hydrogen-bond donors (Lipinski definition) is 0. The molecule has 5 heteroatoms. The van der Waals surface area contributed by atoms with Crippen LogP contribution >= 0.6 is 0 Å². The highest BCUT2D eigenvalue weighted by Gasteiger charge is 2.42. The Labute approximate surface area is 155 Å². The molecule has 140 valence electrons. The lowest BCUT2D eigenvalue weighted by Gasteiger charge is -2.41. The summed E-state index contributed by atoms with van der Waals surface area (Å²) in [4.78, 5) is 29.8. The first kappa shape index (κ1) is 17.5. The van der Waals surface area contributed by atoms with Gasteiger partial charge in [-0.2, -0.15) is 0 Å². The average molecular weight is 356 g/mol. The molecule has 2 heterocycles. The molecule has 2 saturated heterocycles. The van der Waals surface area contributed by atoms with Crippen molar-refractivity contribution < 1.29 is 14.3 Å². The minimum atomic E-state index is -0.0724. The molecule has 3 aliphatic rings. The van der Waals surface area contributed by atoms with E-state index in [9.17, 15) is 9.59 Å². The van der Waals surface area contributed by atoms with Gasteiger partial charge in [0.2, 0.25) is 11.8 Å². The van der Waals surface area contributed by atoms with Gasteiger partial charge in [-0.05, 0) is 38.2 Å². The number of amides is 2. The highest BCUT2D eigenvalue weighted by atomic mass is 16.5. The summed E-state index contributed by atoms with van der Waals surface area (Å²) in [5.74, 6) is 0.553. The Hall–Kier alpha value is -1.88. The third-order valence-electron chi connectivity index (χ3n) is 5.89. The van der Waals surface area contributed by atoms with Crippen LogP contribution in [0.15, 0.2) is 24.3 Å². The summed E-state index contributed by atoms with van der Waals surface area (Å²) in [5, 5.41) is 0. The van der Waals surface area contributed by atoms with E-state index in [1.807, 2.05) is 9.80 Å². The number of nitrogens with zero attached hydrogens (tertiary/aromatic N) is 2. The first-order valence-corrected chi connectivity index (χ1v) is 9.87. The van der Waals surface area contributed by atoms with Gasteiger partial charge in [-0.1, -0.05) is 29.8 Å². The van der Waals surface area contributed by atoms with Gasteiger partial charge in [-0.3, -0.25) is 9.59 Å². The minimum Gasteiger partial charge on any atom is -0.378 e. The molecule has 1 aromatic carbocycles. The molecule has 5 nitrogen and oxygen atoms in total. The molecule has 0 N–H and O–H groups in total. The summed E-state index contributed by atoms with van der Waals surface area (Å²) in [6.45, 7) is 5.24. The second-order valence-corrected chi connectivity index (χ2v) is 7.91. The minimum absolute atomic E-state index is 0.0724. The number of rotatable bonds is 3. The molecule has 26 heavy (non-hydrogen) atoms. The number of piperidine rings is 1. The first-order chi connectivity index (χ1) is 12.6. The molecule has 3 fully saturated rings. The molecule has 2 amide bonds. The summed E-state index contributed by atoms with van der Waals surface area (Å²) in [6, 6.07) is 8.56. The zero-order valence-corrected chi connectivity index (χ0v) is 15.5. The van der Waals surface area contributed by atoms with Crippen molar-refractivity contribution in [2.45, 2.75) is 38.6 Å². The van der Waals surface area contributed by atoms with E-state index in [1.165, 1.54) is 11.1 Å².